The number of aryl methyl sites for hydroxylation is 1. The predicted molar refractivity (Wildman–Crippen MR) is 98.2 cm³/mol. The van der Waals surface area contributed by atoms with E-state index >= 15 is 0 Å². The third kappa shape index (κ3) is 3.10. The van der Waals surface area contributed by atoms with Gasteiger partial charge in [-0.1, -0.05) is 0 Å². The molecular weight excluding hydrogens is 352 g/mol. The van der Waals surface area contributed by atoms with Crippen molar-refractivity contribution in [3.63, 3.8) is 0 Å². The Morgan fingerprint density at radius 2 is 2.27 bits per heavy atom. The molecule has 2 aliphatic heterocycles. The molecule has 2 amide bonds. The van der Waals surface area contributed by atoms with Gasteiger partial charge in [0.2, 0.25) is 5.91 Å². The van der Waals surface area contributed by atoms with Crippen molar-refractivity contribution in [1.29, 1.82) is 0 Å². The van der Waals surface area contributed by atoms with E-state index in [0.717, 1.165) is 17.0 Å². The first-order chi connectivity index (χ1) is 12.5. The zero-order chi connectivity index (χ0) is 18.3. The highest BCUT2D eigenvalue weighted by Gasteiger charge is 2.33. The van der Waals surface area contributed by atoms with E-state index in [9.17, 15) is 9.59 Å². The van der Waals surface area contributed by atoms with Gasteiger partial charge >= 0.3 is 0 Å². The van der Waals surface area contributed by atoms with Gasteiger partial charge in [0.1, 0.15) is 6.10 Å². The lowest BCUT2D eigenvalue weighted by Gasteiger charge is -2.23. The van der Waals surface area contributed by atoms with Crippen molar-refractivity contribution >= 4 is 29.3 Å². The molecule has 3 heterocycles. The molecule has 0 bridgehead atoms. The monoisotopic (exact) mass is 372 g/mol. The van der Waals surface area contributed by atoms with Crippen LogP contribution in [0.5, 0.6) is 0 Å². The normalized spacial score (nSPS) is 24.8. The van der Waals surface area contributed by atoms with E-state index in [4.69, 9.17) is 4.74 Å². The number of benzene rings is 1. The molecule has 0 radical (unpaired) electrons. The van der Waals surface area contributed by atoms with Gasteiger partial charge in [0, 0.05) is 30.3 Å². The van der Waals surface area contributed by atoms with E-state index < -0.39 is 0 Å². The third-order valence-electron chi connectivity index (χ3n) is 4.73. The zero-order valence-electron chi connectivity index (χ0n) is 14.6. The molecule has 4 rings (SSSR count). The number of nitrogens with one attached hydrogen (secondary N) is 2. The standard InChI is InChI=1S/C18H20N4O3S/c1-10-17(23)21-13-9-11(3-4-15(13)26-10)18(24)20-12-6-8-25-16(12)14-5-7-19-22(14)2/h3-5,7,9-10,12,16H,6,8H2,1-2H3,(H,20,24)(H,21,23)/t10-,12-,16-/m0/s1. The summed E-state index contributed by atoms with van der Waals surface area (Å²) in [6, 6.07) is 7.20. The highest BCUT2D eigenvalue weighted by atomic mass is 32.2. The van der Waals surface area contributed by atoms with Crippen LogP contribution >= 0.6 is 11.8 Å². The number of thioether (sulfide) groups is 1. The Balaban J connectivity index is 1.51. The van der Waals surface area contributed by atoms with Gasteiger partial charge in [-0.05, 0) is 37.6 Å². The van der Waals surface area contributed by atoms with Crippen LogP contribution in [-0.4, -0.2) is 39.5 Å². The first-order valence-electron chi connectivity index (χ1n) is 8.55. The molecule has 136 valence electrons. The van der Waals surface area contributed by atoms with Crippen LogP contribution in [0.2, 0.25) is 0 Å². The second-order valence-electron chi connectivity index (χ2n) is 6.50. The molecule has 2 aliphatic rings. The van der Waals surface area contributed by atoms with Crippen LogP contribution in [0.25, 0.3) is 0 Å². The van der Waals surface area contributed by atoms with Crippen LogP contribution < -0.4 is 10.6 Å². The van der Waals surface area contributed by atoms with Crippen molar-refractivity contribution in [3.8, 4) is 0 Å². The van der Waals surface area contributed by atoms with Gasteiger partial charge in [0.25, 0.3) is 5.91 Å². The van der Waals surface area contributed by atoms with E-state index in [0.29, 0.717) is 17.9 Å². The van der Waals surface area contributed by atoms with Crippen LogP contribution in [0.1, 0.15) is 35.5 Å². The third-order valence-corrected chi connectivity index (χ3v) is 5.91. The Labute approximate surface area is 155 Å². The maximum absolute atomic E-state index is 12.7. The van der Waals surface area contributed by atoms with Gasteiger partial charge < -0.3 is 15.4 Å². The number of amides is 2. The van der Waals surface area contributed by atoms with Gasteiger partial charge in [-0.15, -0.1) is 11.8 Å². The van der Waals surface area contributed by atoms with E-state index in [1.165, 1.54) is 11.8 Å². The lowest BCUT2D eigenvalue weighted by molar-refractivity contribution is -0.115. The summed E-state index contributed by atoms with van der Waals surface area (Å²) in [5.41, 5.74) is 2.15. The van der Waals surface area contributed by atoms with Gasteiger partial charge in [0.05, 0.1) is 22.7 Å². The van der Waals surface area contributed by atoms with Crippen molar-refractivity contribution in [3.05, 3.63) is 41.7 Å². The van der Waals surface area contributed by atoms with Crippen LogP contribution in [0.3, 0.4) is 0 Å². The predicted octanol–water partition coefficient (Wildman–Crippen LogP) is 2.11. The van der Waals surface area contributed by atoms with Crippen LogP contribution in [0.15, 0.2) is 35.4 Å². The number of fused-ring (bicyclic) bond motifs is 1. The average Bonchev–Trinajstić information content (AvgIpc) is 3.23. The number of ether oxygens (including phenoxy) is 1. The van der Waals surface area contributed by atoms with Crippen LogP contribution in [-0.2, 0) is 16.6 Å². The number of anilines is 1. The lowest BCUT2D eigenvalue weighted by atomic mass is 10.1. The van der Waals surface area contributed by atoms with Crippen molar-refractivity contribution in [2.24, 2.45) is 7.05 Å². The fourth-order valence-corrected chi connectivity index (χ4v) is 4.22. The summed E-state index contributed by atoms with van der Waals surface area (Å²) in [6.07, 6.45) is 2.26. The van der Waals surface area contributed by atoms with Crippen LogP contribution in [0, 0.1) is 0 Å². The second-order valence-corrected chi connectivity index (χ2v) is 7.88. The van der Waals surface area contributed by atoms with Gasteiger partial charge in [-0.3, -0.25) is 14.3 Å². The smallest absolute Gasteiger partial charge is 0.251 e. The zero-order valence-corrected chi connectivity index (χ0v) is 15.4. The maximum Gasteiger partial charge on any atom is 0.251 e. The summed E-state index contributed by atoms with van der Waals surface area (Å²) in [6.45, 7) is 2.46. The van der Waals surface area contributed by atoms with E-state index in [1.54, 1.807) is 23.0 Å². The molecule has 0 spiro atoms. The molecule has 2 N–H and O–H groups in total. The molecule has 3 atom stereocenters. The molecule has 7 nitrogen and oxygen atoms in total. The minimum Gasteiger partial charge on any atom is -0.370 e. The highest BCUT2D eigenvalue weighted by molar-refractivity contribution is 8.00. The second kappa shape index (κ2) is 6.77. The first kappa shape index (κ1) is 17.1. The van der Waals surface area contributed by atoms with Gasteiger partial charge in [-0.25, -0.2) is 0 Å². The number of rotatable bonds is 3. The van der Waals surface area contributed by atoms with E-state index in [-0.39, 0.29) is 29.2 Å². The number of hydrogen-bond acceptors (Lipinski definition) is 5. The Bertz CT molecular complexity index is 866. The summed E-state index contributed by atoms with van der Waals surface area (Å²) in [7, 11) is 1.86. The molecular formula is C18H20N4O3S. The Morgan fingerprint density at radius 1 is 1.42 bits per heavy atom. The number of hydrogen-bond donors (Lipinski definition) is 2. The van der Waals surface area contributed by atoms with Crippen molar-refractivity contribution in [2.45, 2.75) is 35.6 Å². The SMILES string of the molecule is C[C@@H]1Sc2ccc(C(=O)N[C@H]3CCO[C@@H]3c3ccnn3C)cc2NC1=O. The summed E-state index contributed by atoms with van der Waals surface area (Å²) in [4.78, 5) is 25.6. The Morgan fingerprint density at radius 3 is 3.04 bits per heavy atom. The Kier molecular flexibility index (Phi) is 4.46. The van der Waals surface area contributed by atoms with Crippen LogP contribution in [0.4, 0.5) is 5.69 Å². The molecule has 0 unspecified atom stereocenters. The minimum absolute atomic E-state index is 0.0412. The maximum atomic E-state index is 12.7. The van der Waals surface area contributed by atoms with E-state index in [1.807, 2.05) is 26.1 Å². The molecule has 1 fully saturated rings. The summed E-state index contributed by atoms with van der Waals surface area (Å²) in [5, 5.41) is 9.97. The lowest BCUT2D eigenvalue weighted by Crippen LogP contribution is -2.37. The molecule has 26 heavy (non-hydrogen) atoms. The molecule has 1 saturated heterocycles. The topological polar surface area (TPSA) is 85.2 Å². The summed E-state index contributed by atoms with van der Waals surface area (Å²) in [5.74, 6) is -0.214. The summed E-state index contributed by atoms with van der Waals surface area (Å²) < 4.78 is 7.57. The molecule has 1 aromatic carbocycles. The number of nitrogens with zero attached hydrogens (tertiary/aromatic N) is 2. The molecule has 2 aromatic rings. The quantitative estimate of drug-likeness (QED) is 0.862. The number of carbonyl (C=O) groups is 2. The first-order valence-corrected chi connectivity index (χ1v) is 9.43. The number of aromatic nitrogens is 2. The minimum atomic E-state index is -0.208. The molecule has 8 heteroatoms. The largest absolute Gasteiger partial charge is 0.370 e. The van der Waals surface area contributed by atoms with E-state index in [2.05, 4.69) is 15.7 Å². The molecule has 0 saturated carbocycles. The average molecular weight is 372 g/mol. The fourth-order valence-electron chi connectivity index (χ4n) is 3.29. The van der Waals surface area contributed by atoms with Gasteiger partial charge in [0.15, 0.2) is 0 Å². The highest BCUT2D eigenvalue weighted by Crippen LogP contribution is 2.36. The van der Waals surface area contributed by atoms with Crippen molar-refractivity contribution in [2.75, 3.05) is 11.9 Å². The molecule has 0 aliphatic carbocycles. The van der Waals surface area contributed by atoms with Crippen molar-refractivity contribution < 1.29 is 14.3 Å². The van der Waals surface area contributed by atoms with Gasteiger partial charge in [-0.2, -0.15) is 5.10 Å². The number of carbonyl (C=O) groups excluding carboxylic acids is 2. The van der Waals surface area contributed by atoms with Crippen molar-refractivity contribution in [1.82, 2.24) is 15.1 Å². The Hall–Kier alpha value is -2.32. The summed E-state index contributed by atoms with van der Waals surface area (Å²) >= 11 is 1.50. The fraction of sp³-hybridized carbons (Fsp3) is 0.389. The molecule has 1 aromatic heterocycles.